The summed E-state index contributed by atoms with van der Waals surface area (Å²) in [6, 6.07) is 11.8. The van der Waals surface area contributed by atoms with Crippen molar-refractivity contribution in [3.8, 4) is 11.5 Å². The normalized spacial score (nSPS) is 20.8. The summed E-state index contributed by atoms with van der Waals surface area (Å²) in [5, 5.41) is 59.3. The largest absolute Gasteiger partial charge is 0.457 e. The second-order valence-electron chi connectivity index (χ2n) is 14.6. The lowest BCUT2D eigenvalue weighted by Crippen LogP contribution is -2.51. The van der Waals surface area contributed by atoms with Gasteiger partial charge in [-0.25, -0.2) is 4.39 Å². The van der Waals surface area contributed by atoms with E-state index in [-0.39, 0.29) is 62.7 Å². The Kier molecular flexibility index (Phi) is 14.9. The van der Waals surface area contributed by atoms with Crippen LogP contribution in [0, 0.1) is 16.6 Å². The topological polar surface area (TPSA) is 269 Å². The molecule has 2 aromatic carbocycles. The maximum atomic E-state index is 13.8. The highest BCUT2D eigenvalue weighted by molar-refractivity contribution is 7.10. The number of rotatable bonds is 21. The average Bonchev–Trinajstić information content (AvgIpc) is 3.49. The first-order chi connectivity index (χ1) is 27.6. The number of nitrogens with zero attached hydrogens (tertiary/aromatic N) is 1. The lowest BCUT2D eigenvalue weighted by molar-refractivity contribution is -0.139. The summed E-state index contributed by atoms with van der Waals surface area (Å²) >= 11 is 1.35. The van der Waals surface area contributed by atoms with Crippen LogP contribution in [0.25, 0.3) is 0 Å². The predicted octanol–water partition coefficient (Wildman–Crippen LogP) is 0.116. The number of thiophene rings is 1. The number of fused-ring (bicyclic) bond motifs is 1. The molecule has 0 spiro atoms. The molecule has 0 bridgehead atoms. The van der Waals surface area contributed by atoms with Crippen molar-refractivity contribution in [2.75, 3.05) is 39.4 Å². The highest BCUT2D eigenvalue weighted by Gasteiger charge is 2.67. The minimum atomic E-state index is -1.60. The Morgan fingerprint density at radius 2 is 1.64 bits per heavy atom. The van der Waals surface area contributed by atoms with Gasteiger partial charge in [0, 0.05) is 45.9 Å². The number of halogens is 1. The highest BCUT2D eigenvalue weighted by atomic mass is 32.1. The zero-order valence-corrected chi connectivity index (χ0v) is 32.8. The van der Waals surface area contributed by atoms with E-state index in [4.69, 9.17) is 20.6 Å². The Morgan fingerprint density at radius 3 is 2.28 bits per heavy atom. The smallest absolute Gasteiger partial charge is 0.251 e. The maximum Gasteiger partial charge on any atom is 0.251 e. The Labute approximate surface area is 338 Å². The van der Waals surface area contributed by atoms with E-state index in [0.29, 0.717) is 29.9 Å². The maximum absolute atomic E-state index is 13.8. The van der Waals surface area contributed by atoms with E-state index in [1.807, 2.05) is 0 Å². The third-order valence-electron chi connectivity index (χ3n) is 10.1. The lowest BCUT2D eigenvalue weighted by atomic mass is 10.00. The Bertz CT molecular complexity index is 1920. The highest BCUT2D eigenvalue weighted by Crippen LogP contribution is 2.59. The number of nitrogens with two attached hydrogens (primary N) is 1. The summed E-state index contributed by atoms with van der Waals surface area (Å²) in [4.78, 5) is 55.2. The second kappa shape index (κ2) is 19.6. The van der Waals surface area contributed by atoms with Gasteiger partial charge in [0.2, 0.25) is 17.7 Å². The predicted molar refractivity (Wildman–Crippen MR) is 210 cm³/mol. The van der Waals surface area contributed by atoms with Crippen molar-refractivity contribution in [3.63, 3.8) is 0 Å². The summed E-state index contributed by atoms with van der Waals surface area (Å²) in [6.45, 7) is 2.77. The van der Waals surface area contributed by atoms with E-state index in [0.717, 1.165) is 4.88 Å². The van der Waals surface area contributed by atoms with Gasteiger partial charge < -0.3 is 61.8 Å². The number of amides is 4. The molecule has 8 atom stereocenters. The molecule has 1 saturated carbocycles. The Balaban J connectivity index is 1.13. The van der Waals surface area contributed by atoms with Gasteiger partial charge in [-0.05, 0) is 81.3 Å². The van der Waals surface area contributed by atoms with Crippen LogP contribution in [0.3, 0.4) is 0 Å². The molecular weight excluding hydrogens is 778 g/mol. The molecular formula is C39H50FN7O10S. The van der Waals surface area contributed by atoms with E-state index in [9.17, 15) is 44.0 Å². The molecule has 1 unspecified atom stereocenters. The number of hydrogen-bond acceptors (Lipinski definition) is 13. The minimum absolute atomic E-state index is 0.0923. The average molecular weight is 828 g/mol. The van der Waals surface area contributed by atoms with Gasteiger partial charge >= 0.3 is 0 Å². The molecule has 1 aromatic heterocycles. The molecule has 58 heavy (non-hydrogen) atoms. The second-order valence-corrected chi connectivity index (χ2v) is 15.5. The Hall–Kier alpha value is -5.02. The Morgan fingerprint density at radius 1 is 0.966 bits per heavy atom. The van der Waals surface area contributed by atoms with Crippen molar-refractivity contribution < 1.29 is 53.5 Å². The molecule has 1 aliphatic heterocycles. The van der Waals surface area contributed by atoms with Crippen LogP contribution < -0.4 is 31.7 Å². The number of carbonyl (C=O) groups is 4. The van der Waals surface area contributed by atoms with Crippen molar-refractivity contribution in [1.29, 1.82) is 5.41 Å². The van der Waals surface area contributed by atoms with Crippen molar-refractivity contribution in [2.24, 2.45) is 11.1 Å². The third kappa shape index (κ3) is 11.3. The molecule has 2 aliphatic rings. The van der Waals surface area contributed by atoms with Gasteiger partial charge in [0.05, 0.1) is 44.6 Å². The number of aliphatic hydroxyl groups is 4. The van der Waals surface area contributed by atoms with Gasteiger partial charge in [-0.3, -0.25) is 24.6 Å². The van der Waals surface area contributed by atoms with Crippen LogP contribution in [0.1, 0.15) is 53.5 Å². The molecule has 11 N–H and O–H groups in total. The van der Waals surface area contributed by atoms with E-state index >= 15 is 0 Å². The molecule has 2 heterocycles. The van der Waals surface area contributed by atoms with Crippen LogP contribution in [-0.4, -0.2) is 131 Å². The van der Waals surface area contributed by atoms with Crippen molar-refractivity contribution in [3.05, 3.63) is 81.8 Å². The fourth-order valence-corrected chi connectivity index (χ4v) is 7.67. The van der Waals surface area contributed by atoms with Gasteiger partial charge in [-0.15, -0.1) is 11.3 Å². The summed E-state index contributed by atoms with van der Waals surface area (Å²) in [7, 11) is 0. The first kappa shape index (κ1) is 44.1. The van der Waals surface area contributed by atoms with E-state index in [1.165, 1.54) is 59.6 Å². The number of nitrogen functional groups attached to an aromatic ring is 1. The molecule has 1 aliphatic carbocycles. The fourth-order valence-electron chi connectivity index (χ4n) is 6.75. The van der Waals surface area contributed by atoms with E-state index in [2.05, 4.69) is 21.3 Å². The lowest BCUT2D eigenvalue weighted by Gasteiger charge is -2.28. The molecule has 314 valence electrons. The van der Waals surface area contributed by atoms with Crippen molar-refractivity contribution >= 4 is 40.8 Å². The molecule has 19 heteroatoms. The van der Waals surface area contributed by atoms with Crippen LogP contribution in [0.15, 0.2) is 60.0 Å². The number of piperidine rings is 1. The zero-order valence-electron chi connectivity index (χ0n) is 32.0. The summed E-state index contributed by atoms with van der Waals surface area (Å²) < 4.78 is 24.8. The monoisotopic (exact) mass is 827 g/mol. The molecule has 3 aromatic rings. The molecule has 0 radical (unpaired) electrons. The number of hydrogen-bond donors (Lipinski definition) is 10. The third-order valence-corrected chi connectivity index (χ3v) is 11.2. The molecule has 17 nitrogen and oxygen atoms in total. The van der Waals surface area contributed by atoms with Gasteiger partial charge in [0.25, 0.3) is 5.91 Å². The molecule has 2 fully saturated rings. The van der Waals surface area contributed by atoms with Crippen molar-refractivity contribution in [2.45, 2.75) is 69.2 Å². The van der Waals surface area contributed by atoms with Crippen LogP contribution in [0.5, 0.6) is 11.5 Å². The first-order valence-electron chi connectivity index (χ1n) is 18.7. The molecule has 4 amide bonds. The van der Waals surface area contributed by atoms with E-state index in [1.54, 1.807) is 30.5 Å². The van der Waals surface area contributed by atoms with Gasteiger partial charge in [-0.1, -0.05) is 0 Å². The number of ether oxygens (including phenoxy) is 2. The number of amidine groups is 1. The van der Waals surface area contributed by atoms with Crippen molar-refractivity contribution in [1.82, 2.24) is 26.2 Å². The number of benzene rings is 2. The van der Waals surface area contributed by atoms with Crippen LogP contribution >= 0.6 is 11.3 Å². The first-order valence-corrected chi connectivity index (χ1v) is 19.6. The van der Waals surface area contributed by atoms with E-state index < -0.39 is 65.5 Å². The summed E-state index contributed by atoms with van der Waals surface area (Å²) in [5.74, 6) is -1.41. The quantitative estimate of drug-likeness (QED) is 0.0390. The molecule has 5 rings (SSSR count). The number of likely N-dealkylation sites (tertiary alicyclic amines) is 1. The number of carbonyl (C=O) groups excluding carboxylic acids is 4. The zero-order chi connectivity index (χ0) is 42.1. The summed E-state index contributed by atoms with van der Waals surface area (Å²) in [5.41, 5.74) is 5.91. The SMILES string of the molecule is C[C@H](O)[C@H](O)[C@@H](O)[C@@H](O)CNCC(=O)NCCOC[C@@]12CC1N(C(=O)CNC(=O)c1ccc(Oc3ccc(F)cc3)cc1)[C@H](C(=O)N[C@H](C)c1cc(C(=N)N)cs1)C2. The fraction of sp³-hybridized carbons (Fsp3) is 0.462. The minimum Gasteiger partial charge on any atom is -0.457 e. The van der Waals surface area contributed by atoms with Gasteiger partial charge in [0.1, 0.15) is 41.4 Å². The van der Waals surface area contributed by atoms with Crippen LogP contribution in [0.4, 0.5) is 4.39 Å². The van der Waals surface area contributed by atoms with Gasteiger partial charge in [-0.2, -0.15) is 0 Å². The standard InChI is InChI=1S/C39H50FN7O10S/c1-21(30-13-24(19-58-30)36(41)42)46-38(55)28-14-39(20-56-12-11-44-32(50)17-43-16-29(49)35(53)34(52)22(2)48)15-31(39)47(28)33(51)18-45-37(54)23-3-7-26(8-4-23)57-27-9-5-25(40)6-10-27/h3-10,13,19,21-22,28-29,31,34-35,43,48-49,52-53H,11-12,14-18,20H2,1-2H3,(H3,41,42)(H,44,50)(H,45,54)(H,46,55)/t21-,22+,28+,29+,31?,34+,35+,39-/m1/s1. The number of aliphatic hydroxyl groups excluding tert-OH is 4. The van der Waals surface area contributed by atoms with Crippen LogP contribution in [0.2, 0.25) is 0 Å². The summed E-state index contributed by atoms with van der Waals surface area (Å²) in [6.07, 6.45) is -4.94. The molecule has 1 saturated heterocycles. The number of nitrogens with one attached hydrogen (secondary N) is 5. The van der Waals surface area contributed by atoms with Gasteiger partial charge in [0.15, 0.2) is 0 Å². The van der Waals surface area contributed by atoms with Crippen LogP contribution in [-0.2, 0) is 19.1 Å².